The van der Waals surface area contributed by atoms with Crippen LogP contribution in [0.4, 0.5) is 0 Å². The van der Waals surface area contributed by atoms with Crippen molar-refractivity contribution >= 4 is 0 Å². The minimum absolute atomic E-state index is 0.222. The molecule has 1 aliphatic heterocycles. The van der Waals surface area contributed by atoms with Gasteiger partial charge in [-0.2, -0.15) is 0 Å². The van der Waals surface area contributed by atoms with Crippen molar-refractivity contribution in [2.24, 2.45) is 23.0 Å². The molecule has 3 heteroatoms. The Bertz CT molecular complexity index is 306. The second-order valence-electron chi connectivity index (χ2n) is 7.90. The van der Waals surface area contributed by atoms with E-state index in [1.807, 2.05) is 0 Å². The second kappa shape index (κ2) is 6.33. The molecule has 1 unspecified atom stereocenters. The maximum absolute atomic E-state index is 6.17. The van der Waals surface area contributed by atoms with Gasteiger partial charge in [-0.1, -0.05) is 27.7 Å². The zero-order chi connectivity index (χ0) is 14.8. The molecule has 20 heavy (non-hydrogen) atoms. The molecule has 0 aromatic carbocycles. The van der Waals surface area contributed by atoms with Crippen molar-refractivity contribution in [2.75, 3.05) is 13.2 Å². The van der Waals surface area contributed by atoms with E-state index in [2.05, 4.69) is 27.7 Å². The Morgan fingerprint density at radius 1 is 1.25 bits per heavy atom. The smallest absolute Gasteiger partial charge is 0.168 e. The number of nitrogens with two attached hydrogens (primary N) is 1. The molecule has 2 aliphatic rings. The molecule has 2 fully saturated rings. The summed E-state index contributed by atoms with van der Waals surface area (Å²) in [4.78, 5) is 0. The lowest BCUT2D eigenvalue weighted by Crippen LogP contribution is -2.40. The van der Waals surface area contributed by atoms with Crippen LogP contribution in [0, 0.1) is 17.3 Å². The molecular formula is C17H33NO2. The molecule has 0 bridgehead atoms. The first-order valence-electron chi connectivity index (χ1n) is 8.39. The van der Waals surface area contributed by atoms with Crippen LogP contribution in [0.15, 0.2) is 0 Å². The van der Waals surface area contributed by atoms with Crippen LogP contribution >= 0.6 is 0 Å². The Morgan fingerprint density at radius 3 is 2.45 bits per heavy atom. The van der Waals surface area contributed by atoms with E-state index in [9.17, 15) is 0 Å². The minimum atomic E-state index is -0.274. The first-order valence-corrected chi connectivity index (χ1v) is 8.39. The molecule has 1 saturated carbocycles. The molecule has 1 saturated heterocycles. The normalized spacial score (nSPS) is 35.1. The van der Waals surface area contributed by atoms with Gasteiger partial charge in [0.15, 0.2) is 5.79 Å². The summed E-state index contributed by atoms with van der Waals surface area (Å²) in [6.07, 6.45) is 7.02. The number of hydrogen-bond acceptors (Lipinski definition) is 3. The zero-order valence-corrected chi connectivity index (χ0v) is 13.8. The highest BCUT2D eigenvalue weighted by Crippen LogP contribution is 2.47. The number of rotatable bonds is 5. The summed E-state index contributed by atoms with van der Waals surface area (Å²) in [5.41, 5.74) is 6.05. The Kier molecular flexibility index (Phi) is 5.14. The average Bonchev–Trinajstić information content (AvgIpc) is 2.72. The van der Waals surface area contributed by atoms with E-state index in [-0.39, 0.29) is 11.9 Å². The third kappa shape index (κ3) is 3.75. The van der Waals surface area contributed by atoms with Crippen LogP contribution in [0.25, 0.3) is 0 Å². The van der Waals surface area contributed by atoms with Crippen LogP contribution in [0.2, 0.25) is 0 Å². The quantitative estimate of drug-likeness (QED) is 0.836. The van der Waals surface area contributed by atoms with Gasteiger partial charge in [-0.3, -0.25) is 0 Å². The first-order chi connectivity index (χ1) is 9.37. The standard InChI is InChI=1S/C17H33NO2/c1-13(2)11-16(3,4)14-5-8-17(9-6-14)19-12-15(20-17)7-10-18/h13-15H,5-12,18H2,1-4H3. The highest BCUT2D eigenvalue weighted by atomic mass is 16.7. The Hall–Kier alpha value is -0.120. The van der Waals surface area contributed by atoms with E-state index in [1.54, 1.807) is 0 Å². The molecule has 0 amide bonds. The van der Waals surface area contributed by atoms with Crippen molar-refractivity contribution in [3.63, 3.8) is 0 Å². The van der Waals surface area contributed by atoms with Crippen LogP contribution in [0.1, 0.15) is 66.2 Å². The molecule has 2 rings (SSSR count). The summed E-state index contributed by atoms with van der Waals surface area (Å²) >= 11 is 0. The van der Waals surface area contributed by atoms with Gasteiger partial charge in [0.05, 0.1) is 12.7 Å². The largest absolute Gasteiger partial charge is 0.347 e. The Morgan fingerprint density at radius 2 is 1.90 bits per heavy atom. The van der Waals surface area contributed by atoms with E-state index >= 15 is 0 Å². The molecule has 1 spiro atoms. The summed E-state index contributed by atoms with van der Waals surface area (Å²) in [5.74, 6) is 1.30. The highest BCUT2D eigenvalue weighted by Gasteiger charge is 2.46. The average molecular weight is 283 g/mol. The van der Waals surface area contributed by atoms with Gasteiger partial charge in [-0.25, -0.2) is 0 Å². The van der Waals surface area contributed by atoms with Crippen LogP contribution in [0.3, 0.4) is 0 Å². The molecule has 1 heterocycles. The summed E-state index contributed by atoms with van der Waals surface area (Å²) < 4.78 is 12.2. The number of ether oxygens (including phenoxy) is 2. The third-order valence-electron chi connectivity index (χ3n) is 5.19. The molecule has 3 nitrogen and oxygen atoms in total. The van der Waals surface area contributed by atoms with Gasteiger partial charge < -0.3 is 15.2 Å². The maximum atomic E-state index is 6.17. The lowest BCUT2D eigenvalue weighted by atomic mass is 9.66. The van der Waals surface area contributed by atoms with Gasteiger partial charge in [0, 0.05) is 12.8 Å². The monoisotopic (exact) mass is 283 g/mol. The second-order valence-corrected chi connectivity index (χ2v) is 7.90. The van der Waals surface area contributed by atoms with Gasteiger partial charge in [-0.15, -0.1) is 0 Å². The van der Waals surface area contributed by atoms with Crippen molar-refractivity contribution < 1.29 is 9.47 Å². The summed E-state index contributed by atoms with van der Waals surface area (Å²) in [6, 6.07) is 0. The predicted octanol–water partition coefficient (Wildman–Crippen LogP) is 3.71. The van der Waals surface area contributed by atoms with Crippen molar-refractivity contribution in [1.82, 2.24) is 0 Å². The van der Waals surface area contributed by atoms with Crippen LogP contribution in [-0.2, 0) is 9.47 Å². The van der Waals surface area contributed by atoms with E-state index in [0.29, 0.717) is 12.0 Å². The van der Waals surface area contributed by atoms with Gasteiger partial charge in [0.25, 0.3) is 0 Å². The summed E-state index contributed by atoms with van der Waals surface area (Å²) in [5, 5.41) is 0. The minimum Gasteiger partial charge on any atom is -0.347 e. The molecule has 1 aliphatic carbocycles. The van der Waals surface area contributed by atoms with Crippen molar-refractivity contribution in [1.29, 1.82) is 0 Å². The fourth-order valence-corrected chi connectivity index (χ4v) is 4.26. The third-order valence-corrected chi connectivity index (χ3v) is 5.19. The summed E-state index contributed by atoms with van der Waals surface area (Å²) in [7, 11) is 0. The molecule has 2 N–H and O–H groups in total. The zero-order valence-electron chi connectivity index (χ0n) is 13.8. The molecule has 118 valence electrons. The molecule has 0 aromatic heterocycles. The van der Waals surface area contributed by atoms with E-state index < -0.39 is 0 Å². The van der Waals surface area contributed by atoms with Crippen molar-refractivity contribution in [2.45, 2.75) is 78.1 Å². The van der Waals surface area contributed by atoms with E-state index in [4.69, 9.17) is 15.2 Å². The van der Waals surface area contributed by atoms with E-state index in [1.165, 1.54) is 19.3 Å². The van der Waals surface area contributed by atoms with Gasteiger partial charge in [0.1, 0.15) is 0 Å². The fraction of sp³-hybridized carbons (Fsp3) is 1.00. The molecular weight excluding hydrogens is 250 g/mol. The van der Waals surface area contributed by atoms with Crippen molar-refractivity contribution in [3.05, 3.63) is 0 Å². The van der Waals surface area contributed by atoms with Gasteiger partial charge in [-0.05, 0) is 49.5 Å². The lowest BCUT2D eigenvalue weighted by molar-refractivity contribution is -0.197. The number of hydrogen-bond donors (Lipinski definition) is 1. The van der Waals surface area contributed by atoms with Gasteiger partial charge >= 0.3 is 0 Å². The Balaban J connectivity index is 1.86. The highest BCUT2D eigenvalue weighted by molar-refractivity contribution is 4.90. The topological polar surface area (TPSA) is 44.5 Å². The van der Waals surface area contributed by atoms with Crippen LogP contribution in [-0.4, -0.2) is 25.0 Å². The SMILES string of the molecule is CC(C)CC(C)(C)C1CCC2(CC1)OCC(CCN)O2. The molecule has 0 radical (unpaired) electrons. The molecule has 1 atom stereocenters. The lowest BCUT2D eigenvalue weighted by Gasteiger charge is -2.43. The first kappa shape index (κ1) is 16.3. The fourth-order valence-electron chi connectivity index (χ4n) is 4.26. The predicted molar refractivity (Wildman–Crippen MR) is 82.4 cm³/mol. The van der Waals surface area contributed by atoms with Crippen LogP contribution < -0.4 is 5.73 Å². The van der Waals surface area contributed by atoms with Crippen molar-refractivity contribution in [3.8, 4) is 0 Å². The Labute approximate surface area is 124 Å². The molecule has 0 aromatic rings. The maximum Gasteiger partial charge on any atom is 0.168 e. The van der Waals surface area contributed by atoms with Gasteiger partial charge in [0.2, 0.25) is 0 Å². The van der Waals surface area contributed by atoms with Crippen LogP contribution in [0.5, 0.6) is 0 Å². The summed E-state index contributed by atoms with van der Waals surface area (Å²) in [6.45, 7) is 10.9. The van der Waals surface area contributed by atoms with E-state index in [0.717, 1.165) is 37.7 Å².